The molecule has 0 aliphatic heterocycles. The Balaban J connectivity index is 1.94. The first-order valence-corrected chi connectivity index (χ1v) is 5.65. The maximum absolute atomic E-state index is 11.6. The Hall–Kier alpha value is -2.70. The van der Waals surface area contributed by atoms with Crippen LogP contribution in [0, 0.1) is 0 Å². The molecule has 0 aromatic carbocycles. The largest absolute Gasteiger partial charge is 0.328 e. The molecule has 0 atom stereocenters. The molecule has 1 amide bonds. The van der Waals surface area contributed by atoms with Crippen LogP contribution in [0.4, 0.5) is 5.69 Å². The van der Waals surface area contributed by atoms with Gasteiger partial charge >= 0.3 is 5.69 Å². The zero-order valence-electron chi connectivity index (χ0n) is 10.00. The van der Waals surface area contributed by atoms with Crippen LogP contribution in [0.15, 0.2) is 46.4 Å². The summed E-state index contributed by atoms with van der Waals surface area (Å²) in [6.07, 6.45) is 4.62. The third-order valence-corrected chi connectivity index (χ3v) is 2.42. The topological polar surface area (TPSA) is 96.9 Å². The van der Waals surface area contributed by atoms with Gasteiger partial charge in [-0.3, -0.25) is 19.6 Å². The van der Waals surface area contributed by atoms with Crippen molar-refractivity contribution in [3.63, 3.8) is 0 Å². The van der Waals surface area contributed by atoms with Gasteiger partial charge in [-0.05, 0) is 12.1 Å². The van der Waals surface area contributed by atoms with Gasteiger partial charge in [-0.2, -0.15) is 0 Å². The summed E-state index contributed by atoms with van der Waals surface area (Å²) in [6, 6.07) is 4.67. The van der Waals surface area contributed by atoms with E-state index in [4.69, 9.17) is 0 Å². The van der Waals surface area contributed by atoms with Gasteiger partial charge in [0.05, 0.1) is 11.9 Å². The molecule has 0 aliphatic rings. The number of nitrogens with one attached hydrogen (secondary N) is 2. The quantitative estimate of drug-likeness (QED) is 0.806. The normalized spacial score (nSPS) is 10.1. The number of anilines is 1. The minimum Gasteiger partial charge on any atom is -0.325 e. The Bertz CT molecular complexity index is 675. The fourth-order valence-corrected chi connectivity index (χ4v) is 1.50. The van der Waals surface area contributed by atoms with E-state index in [1.54, 1.807) is 18.3 Å². The smallest absolute Gasteiger partial charge is 0.325 e. The van der Waals surface area contributed by atoms with Crippen molar-refractivity contribution in [2.24, 2.45) is 0 Å². The zero-order chi connectivity index (χ0) is 13.7. The highest BCUT2D eigenvalue weighted by Crippen LogP contribution is 2.03. The molecule has 0 bridgehead atoms. The van der Waals surface area contributed by atoms with Crippen LogP contribution in [0.1, 0.15) is 6.42 Å². The number of nitrogens with zero attached hydrogens (tertiary/aromatic N) is 2. The maximum Gasteiger partial charge on any atom is 0.328 e. The van der Waals surface area contributed by atoms with Gasteiger partial charge in [0, 0.05) is 31.4 Å². The van der Waals surface area contributed by atoms with Crippen molar-refractivity contribution in [3.8, 4) is 0 Å². The van der Waals surface area contributed by atoms with Gasteiger partial charge in [0.1, 0.15) is 0 Å². The van der Waals surface area contributed by atoms with Gasteiger partial charge in [-0.25, -0.2) is 4.79 Å². The lowest BCUT2D eigenvalue weighted by molar-refractivity contribution is -0.116. The predicted molar refractivity (Wildman–Crippen MR) is 68.8 cm³/mol. The molecule has 19 heavy (non-hydrogen) atoms. The second kappa shape index (κ2) is 5.76. The maximum atomic E-state index is 11.6. The number of H-pyrrole nitrogens is 1. The molecule has 0 radical (unpaired) electrons. The summed E-state index contributed by atoms with van der Waals surface area (Å²) in [5.41, 5.74) is -0.385. The number of carbonyl (C=O) groups is 1. The van der Waals surface area contributed by atoms with Gasteiger partial charge in [0.25, 0.3) is 5.56 Å². The van der Waals surface area contributed by atoms with E-state index < -0.39 is 11.2 Å². The third kappa shape index (κ3) is 3.63. The molecule has 2 aromatic rings. The Labute approximate surface area is 107 Å². The summed E-state index contributed by atoms with van der Waals surface area (Å²) >= 11 is 0. The van der Waals surface area contributed by atoms with E-state index in [1.165, 1.54) is 23.0 Å². The average Bonchev–Trinajstić information content (AvgIpc) is 2.39. The Kier molecular flexibility index (Phi) is 3.87. The molecule has 0 saturated carbocycles. The van der Waals surface area contributed by atoms with Crippen LogP contribution in [0.25, 0.3) is 0 Å². The molecule has 2 aromatic heterocycles. The van der Waals surface area contributed by atoms with E-state index >= 15 is 0 Å². The molecule has 0 saturated heterocycles. The van der Waals surface area contributed by atoms with E-state index in [9.17, 15) is 14.4 Å². The van der Waals surface area contributed by atoms with Gasteiger partial charge in [0.15, 0.2) is 0 Å². The molecule has 2 N–H and O–H groups in total. The Morgan fingerprint density at radius 1 is 1.37 bits per heavy atom. The summed E-state index contributed by atoms with van der Waals surface area (Å²) in [5.74, 6) is -0.230. The highest BCUT2D eigenvalue weighted by atomic mass is 16.2. The van der Waals surface area contributed by atoms with Crippen LogP contribution >= 0.6 is 0 Å². The van der Waals surface area contributed by atoms with Crippen molar-refractivity contribution in [1.82, 2.24) is 14.5 Å². The fourth-order valence-electron chi connectivity index (χ4n) is 1.50. The molecular weight excluding hydrogens is 248 g/mol. The van der Waals surface area contributed by atoms with Gasteiger partial charge in [0.2, 0.25) is 5.91 Å². The van der Waals surface area contributed by atoms with Gasteiger partial charge < -0.3 is 9.88 Å². The van der Waals surface area contributed by atoms with Crippen molar-refractivity contribution in [2.45, 2.75) is 13.0 Å². The molecule has 2 rings (SSSR count). The van der Waals surface area contributed by atoms with Crippen molar-refractivity contribution in [3.05, 3.63) is 57.6 Å². The SMILES string of the molecule is O=C(CCn1ccc(=O)[nH]c1=O)Nc1cccnc1. The molecule has 0 unspecified atom stereocenters. The summed E-state index contributed by atoms with van der Waals surface area (Å²) in [6.45, 7) is 0.196. The number of rotatable bonds is 4. The second-order valence-corrected chi connectivity index (χ2v) is 3.84. The number of pyridine rings is 1. The van der Waals surface area contributed by atoms with Crippen molar-refractivity contribution in [2.75, 3.05) is 5.32 Å². The van der Waals surface area contributed by atoms with E-state index in [2.05, 4.69) is 15.3 Å². The third-order valence-electron chi connectivity index (χ3n) is 2.42. The molecule has 7 heteroatoms. The highest BCUT2D eigenvalue weighted by molar-refractivity contribution is 5.90. The van der Waals surface area contributed by atoms with Crippen LogP contribution in [0.3, 0.4) is 0 Å². The molecule has 2 heterocycles. The molecular formula is C12H12N4O3. The zero-order valence-corrected chi connectivity index (χ0v) is 10.00. The minimum atomic E-state index is -0.526. The molecule has 7 nitrogen and oxygen atoms in total. The van der Waals surface area contributed by atoms with Crippen LogP contribution in [-0.2, 0) is 11.3 Å². The van der Waals surface area contributed by atoms with E-state index in [-0.39, 0.29) is 18.9 Å². The summed E-state index contributed by atoms with van der Waals surface area (Å²) in [7, 11) is 0. The van der Waals surface area contributed by atoms with Gasteiger partial charge in [-0.1, -0.05) is 0 Å². The lowest BCUT2D eigenvalue weighted by Crippen LogP contribution is -2.29. The number of hydrogen-bond donors (Lipinski definition) is 2. The molecule has 0 spiro atoms. The Morgan fingerprint density at radius 2 is 2.21 bits per heavy atom. The number of carbonyl (C=O) groups excluding carboxylic acids is 1. The monoisotopic (exact) mass is 260 g/mol. The summed E-state index contributed by atoms with van der Waals surface area (Å²) in [5, 5.41) is 2.65. The predicted octanol–water partition coefficient (Wildman–Crippen LogP) is -0.0396. The standard InChI is InChI=1S/C12H12N4O3/c17-10(14-9-2-1-5-13-8-9)3-6-16-7-4-11(18)15-12(16)19/h1-2,4-5,7-8H,3,6H2,(H,14,17)(H,15,18,19). The molecule has 0 fully saturated rings. The van der Waals surface area contributed by atoms with E-state index in [0.717, 1.165) is 0 Å². The fraction of sp³-hybridized carbons (Fsp3) is 0.167. The lowest BCUT2D eigenvalue weighted by Gasteiger charge is -2.05. The summed E-state index contributed by atoms with van der Waals surface area (Å²) < 4.78 is 1.27. The first-order valence-electron chi connectivity index (χ1n) is 5.65. The molecule has 0 aliphatic carbocycles. The van der Waals surface area contributed by atoms with Crippen molar-refractivity contribution in [1.29, 1.82) is 0 Å². The van der Waals surface area contributed by atoms with E-state index in [0.29, 0.717) is 5.69 Å². The van der Waals surface area contributed by atoms with Crippen LogP contribution < -0.4 is 16.6 Å². The number of aromatic amines is 1. The number of aryl methyl sites for hydroxylation is 1. The number of hydrogen-bond acceptors (Lipinski definition) is 4. The van der Waals surface area contributed by atoms with Crippen LogP contribution in [0.2, 0.25) is 0 Å². The van der Waals surface area contributed by atoms with Crippen LogP contribution in [-0.4, -0.2) is 20.4 Å². The van der Waals surface area contributed by atoms with Crippen molar-refractivity contribution >= 4 is 11.6 Å². The molecule has 98 valence electrons. The van der Waals surface area contributed by atoms with E-state index in [1.807, 2.05) is 0 Å². The first-order chi connectivity index (χ1) is 9.15. The van der Waals surface area contributed by atoms with Gasteiger partial charge in [-0.15, -0.1) is 0 Å². The average molecular weight is 260 g/mol. The number of amides is 1. The highest BCUT2D eigenvalue weighted by Gasteiger charge is 2.04. The lowest BCUT2D eigenvalue weighted by atomic mass is 10.3. The van der Waals surface area contributed by atoms with Crippen molar-refractivity contribution < 1.29 is 4.79 Å². The minimum absolute atomic E-state index is 0.126. The second-order valence-electron chi connectivity index (χ2n) is 3.84. The van der Waals surface area contributed by atoms with Crippen LogP contribution in [0.5, 0.6) is 0 Å². The number of aromatic nitrogens is 3. The first kappa shape index (κ1) is 12.7. The Morgan fingerprint density at radius 3 is 2.89 bits per heavy atom. The summed E-state index contributed by atoms with van der Waals surface area (Å²) in [4.78, 5) is 39.9.